The molecule has 2 aromatic heterocycles. The van der Waals surface area contributed by atoms with Gasteiger partial charge in [0.1, 0.15) is 18.0 Å². The van der Waals surface area contributed by atoms with Gasteiger partial charge < -0.3 is 9.88 Å². The van der Waals surface area contributed by atoms with Crippen molar-refractivity contribution in [3.8, 4) is 11.4 Å². The van der Waals surface area contributed by atoms with Crippen LogP contribution in [0.1, 0.15) is 12.2 Å². The summed E-state index contributed by atoms with van der Waals surface area (Å²) in [6.07, 6.45) is 5.74. The molecule has 1 aliphatic heterocycles. The Morgan fingerprint density at radius 2 is 2.09 bits per heavy atom. The highest BCUT2D eigenvalue weighted by Gasteiger charge is 2.19. The van der Waals surface area contributed by atoms with Crippen LogP contribution in [-0.2, 0) is 13.0 Å². The van der Waals surface area contributed by atoms with Crippen LogP contribution in [0.25, 0.3) is 11.4 Å². The summed E-state index contributed by atoms with van der Waals surface area (Å²) in [5.41, 5.74) is 1.03. The number of fused-ring (bicyclic) bond motifs is 1. The third-order valence-electron chi connectivity index (χ3n) is 4.19. The molecule has 1 unspecified atom stereocenters. The molecule has 1 aliphatic rings. The summed E-state index contributed by atoms with van der Waals surface area (Å²) in [4.78, 5) is 8.96. The van der Waals surface area contributed by atoms with Crippen molar-refractivity contribution in [1.29, 1.82) is 0 Å². The monoisotopic (exact) mass is 306 g/mol. The average Bonchev–Trinajstić information content (AvgIpc) is 3.09. The van der Waals surface area contributed by atoms with Gasteiger partial charge in [0.05, 0.1) is 0 Å². The van der Waals surface area contributed by atoms with E-state index in [2.05, 4.69) is 30.0 Å². The second kappa shape index (κ2) is 6.16. The molecule has 4 rings (SSSR count). The minimum absolute atomic E-state index is 0.564. The minimum atomic E-state index is 0.564. The molecule has 0 saturated carbocycles. The van der Waals surface area contributed by atoms with Crippen LogP contribution >= 0.6 is 0 Å². The van der Waals surface area contributed by atoms with Crippen molar-refractivity contribution >= 4 is 5.82 Å². The van der Waals surface area contributed by atoms with Gasteiger partial charge in [-0.1, -0.05) is 30.3 Å². The number of rotatable bonds is 4. The smallest absolute Gasteiger partial charge is 0.161 e. The average molecular weight is 306 g/mol. The number of anilines is 1. The van der Waals surface area contributed by atoms with Crippen LogP contribution in [0.4, 0.5) is 5.82 Å². The lowest BCUT2D eigenvalue weighted by molar-refractivity contribution is 0.381. The van der Waals surface area contributed by atoms with E-state index in [1.54, 1.807) is 6.20 Å². The Balaban J connectivity index is 1.42. The number of hydrogen-bond acceptors (Lipinski definition) is 5. The van der Waals surface area contributed by atoms with Crippen molar-refractivity contribution in [1.82, 2.24) is 24.7 Å². The van der Waals surface area contributed by atoms with Crippen molar-refractivity contribution in [3.05, 3.63) is 54.7 Å². The molecule has 3 heterocycles. The topological polar surface area (TPSA) is 68.5 Å². The molecule has 0 aliphatic carbocycles. The third-order valence-corrected chi connectivity index (χ3v) is 4.19. The van der Waals surface area contributed by atoms with E-state index in [9.17, 15) is 0 Å². The van der Waals surface area contributed by atoms with Crippen molar-refractivity contribution in [2.75, 3.05) is 11.9 Å². The molecule has 1 N–H and O–H groups in total. The van der Waals surface area contributed by atoms with Gasteiger partial charge in [-0.2, -0.15) is 0 Å². The lowest BCUT2D eigenvalue weighted by Gasteiger charge is -2.23. The largest absolute Gasteiger partial charge is 0.370 e. The van der Waals surface area contributed by atoms with Gasteiger partial charge in [-0.25, -0.2) is 9.97 Å². The fourth-order valence-electron chi connectivity index (χ4n) is 2.93. The lowest BCUT2D eigenvalue weighted by atomic mass is 9.99. The molecule has 23 heavy (non-hydrogen) atoms. The zero-order valence-corrected chi connectivity index (χ0v) is 12.8. The van der Waals surface area contributed by atoms with E-state index in [-0.39, 0.29) is 0 Å². The molecule has 6 nitrogen and oxygen atoms in total. The summed E-state index contributed by atoms with van der Waals surface area (Å²) in [7, 11) is 0. The summed E-state index contributed by atoms with van der Waals surface area (Å²) in [5, 5.41) is 11.5. The molecular formula is C17H18N6. The molecule has 0 radical (unpaired) electrons. The lowest BCUT2D eigenvalue weighted by Crippen LogP contribution is -2.26. The predicted molar refractivity (Wildman–Crippen MR) is 87.8 cm³/mol. The Bertz CT molecular complexity index is 783. The van der Waals surface area contributed by atoms with E-state index in [1.165, 1.54) is 0 Å². The first kappa shape index (κ1) is 13.9. The van der Waals surface area contributed by atoms with Gasteiger partial charge in [-0.15, -0.1) is 10.2 Å². The second-order valence-corrected chi connectivity index (χ2v) is 5.82. The Morgan fingerprint density at radius 1 is 1.17 bits per heavy atom. The van der Waals surface area contributed by atoms with E-state index >= 15 is 0 Å². The molecular weight excluding hydrogens is 288 g/mol. The molecule has 1 aromatic carbocycles. The van der Waals surface area contributed by atoms with Crippen LogP contribution in [0.5, 0.6) is 0 Å². The Morgan fingerprint density at radius 3 is 3.00 bits per heavy atom. The third kappa shape index (κ3) is 3.06. The van der Waals surface area contributed by atoms with Gasteiger partial charge in [0.2, 0.25) is 0 Å². The number of hydrogen-bond donors (Lipinski definition) is 1. The minimum Gasteiger partial charge on any atom is -0.370 e. The molecule has 116 valence electrons. The van der Waals surface area contributed by atoms with Gasteiger partial charge in [0, 0.05) is 31.3 Å². The number of nitrogens with zero attached hydrogens (tertiary/aromatic N) is 5. The SMILES string of the molecule is c1ccc(-c2nccc(NCC3CCc4nncn4C3)n2)cc1. The first-order chi connectivity index (χ1) is 11.4. The van der Waals surface area contributed by atoms with Crippen LogP contribution in [0, 0.1) is 5.92 Å². The van der Waals surface area contributed by atoms with Crippen molar-refractivity contribution < 1.29 is 0 Å². The summed E-state index contributed by atoms with van der Waals surface area (Å²) >= 11 is 0. The van der Waals surface area contributed by atoms with Crippen LogP contribution in [0.2, 0.25) is 0 Å². The molecule has 0 spiro atoms. The number of nitrogens with one attached hydrogen (secondary N) is 1. The maximum atomic E-state index is 4.61. The fraction of sp³-hybridized carbons (Fsp3) is 0.294. The highest BCUT2D eigenvalue weighted by molar-refractivity contribution is 5.56. The predicted octanol–water partition coefficient (Wildman–Crippen LogP) is 2.41. The maximum Gasteiger partial charge on any atom is 0.161 e. The number of aryl methyl sites for hydroxylation is 1. The van der Waals surface area contributed by atoms with Crippen LogP contribution < -0.4 is 5.32 Å². The first-order valence-corrected chi connectivity index (χ1v) is 7.87. The van der Waals surface area contributed by atoms with E-state index in [1.807, 2.05) is 42.7 Å². The Labute approximate surface area is 134 Å². The van der Waals surface area contributed by atoms with Crippen LogP contribution in [0.15, 0.2) is 48.9 Å². The number of benzene rings is 1. The zero-order valence-electron chi connectivity index (χ0n) is 12.8. The molecule has 0 bridgehead atoms. The first-order valence-electron chi connectivity index (χ1n) is 7.87. The van der Waals surface area contributed by atoms with E-state index in [0.29, 0.717) is 5.92 Å². The number of aromatic nitrogens is 5. The van der Waals surface area contributed by atoms with Crippen LogP contribution in [0.3, 0.4) is 0 Å². The zero-order chi connectivity index (χ0) is 15.5. The summed E-state index contributed by atoms with van der Waals surface area (Å²) < 4.78 is 2.14. The van der Waals surface area contributed by atoms with E-state index in [4.69, 9.17) is 0 Å². The highest BCUT2D eigenvalue weighted by Crippen LogP contribution is 2.19. The molecule has 6 heteroatoms. The van der Waals surface area contributed by atoms with Crippen molar-refractivity contribution in [2.24, 2.45) is 5.92 Å². The van der Waals surface area contributed by atoms with E-state index in [0.717, 1.165) is 49.0 Å². The fourth-order valence-corrected chi connectivity index (χ4v) is 2.93. The van der Waals surface area contributed by atoms with Gasteiger partial charge in [0.25, 0.3) is 0 Å². The highest BCUT2D eigenvalue weighted by atomic mass is 15.3. The molecule has 1 atom stereocenters. The normalized spacial score (nSPS) is 16.8. The van der Waals surface area contributed by atoms with Crippen molar-refractivity contribution in [2.45, 2.75) is 19.4 Å². The van der Waals surface area contributed by atoms with E-state index < -0.39 is 0 Å². The van der Waals surface area contributed by atoms with Gasteiger partial charge in [-0.05, 0) is 18.4 Å². The van der Waals surface area contributed by atoms with Crippen LogP contribution in [-0.4, -0.2) is 31.3 Å². The van der Waals surface area contributed by atoms with Gasteiger partial charge in [-0.3, -0.25) is 0 Å². The molecule has 0 amide bonds. The summed E-state index contributed by atoms with van der Waals surface area (Å²) in [5.74, 6) is 3.28. The summed E-state index contributed by atoms with van der Waals surface area (Å²) in [6.45, 7) is 1.86. The molecule has 0 fully saturated rings. The molecule has 0 saturated heterocycles. The summed E-state index contributed by atoms with van der Waals surface area (Å²) in [6, 6.07) is 11.9. The standard InChI is InChI=1S/C17H18N6/c1-2-4-14(5-3-1)17-18-9-8-15(21-17)19-10-13-6-7-16-22-20-12-23(16)11-13/h1-5,8-9,12-13H,6-7,10-11H2,(H,18,19,21). The Hall–Kier alpha value is -2.76. The second-order valence-electron chi connectivity index (χ2n) is 5.82. The van der Waals surface area contributed by atoms with Gasteiger partial charge in [0.15, 0.2) is 5.82 Å². The quantitative estimate of drug-likeness (QED) is 0.801. The van der Waals surface area contributed by atoms with Crippen molar-refractivity contribution in [3.63, 3.8) is 0 Å². The molecule has 3 aromatic rings. The van der Waals surface area contributed by atoms with Gasteiger partial charge >= 0.3 is 0 Å². The Kier molecular flexibility index (Phi) is 3.71. The maximum absolute atomic E-state index is 4.61.